The fraction of sp³-hybridized carbons (Fsp3) is 0.533. The second kappa shape index (κ2) is 7.11. The van der Waals surface area contributed by atoms with Crippen LogP contribution in [0.4, 0.5) is 0 Å². The first-order valence-corrected chi connectivity index (χ1v) is 7.35. The predicted octanol–water partition coefficient (Wildman–Crippen LogP) is 2.41. The third kappa shape index (κ3) is 4.33. The van der Waals surface area contributed by atoms with E-state index in [1.807, 2.05) is 36.9 Å². The molecule has 1 N–H and O–H groups in total. The molecule has 0 aliphatic carbocycles. The number of hydrogen-bond donors (Lipinski definition) is 1. The molecule has 0 saturated carbocycles. The zero-order chi connectivity index (χ0) is 15.4. The number of carbonyl (C=O) groups is 1. The molecule has 1 saturated heterocycles. The maximum absolute atomic E-state index is 11.2. The topological polar surface area (TPSA) is 59.0 Å². The number of ether oxygens (including phenoxy) is 2. The maximum Gasteiger partial charge on any atom is 0.323 e. The molecule has 116 valence electrons. The van der Waals surface area contributed by atoms with Gasteiger partial charge in [-0.05, 0) is 31.5 Å². The van der Waals surface area contributed by atoms with E-state index in [0.717, 1.165) is 5.56 Å². The average Bonchev–Trinajstić information content (AvgIpc) is 2.42. The number of nitrogens with zero attached hydrogens (tertiary/aromatic N) is 1. The van der Waals surface area contributed by atoms with Crippen molar-refractivity contribution in [3.8, 4) is 5.75 Å². The van der Waals surface area contributed by atoms with Gasteiger partial charge in [-0.25, -0.2) is 0 Å². The van der Waals surface area contributed by atoms with Crippen LogP contribution in [-0.4, -0.2) is 47.9 Å². The molecule has 0 amide bonds. The molecule has 1 unspecified atom stereocenters. The molecule has 1 fully saturated rings. The van der Waals surface area contributed by atoms with Crippen LogP contribution in [0.3, 0.4) is 0 Å². The molecule has 0 radical (unpaired) electrons. The van der Waals surface area contributed by atoms with Crippen LogP contribution >= 0.6 is 11.6 Å². The maximum atomic E-state index is 11.2. The van der Waals surface area contributed by atoms with Gasteiger partial charge in [-0.2, -0.15) is 0 Å². The number of morpholine rings is 1. The van der Waals surface area contributed by atoms with Gasteiger partial charge in [0, 0.05) is 13.1 Å². The van der Waals surface area contributed by atoms with Gasteiger partial charge in [0.1, 0.15) is 11.8 Å². The largest absolute Gasteiger partial charge is 0.489 e. The summed E-state index contributed by atoms with van der Waals surface area (Å²) in [5, 5.41) is 9.76. The number of halogens is 1. The van der Waals surface area contributed by atoms with Gasteiger partial charge in [0.05, 0.1) is 24.3 Å². The zero-order valence-electron chi connectivity index (χ0n) is 12.2. The van der Waals surface area contributed by atoms with Gasteiger partial charge >= 0.3 is 5.97 Å². The molecule has 6 heteroatoms. The van der Waals surface area contributed by atoms with Crippen molar-refractivity contribution in [1.82, 2.24) is 4.90 Å². The summed E-state index contributed by atoms with van der Waals surface area (Å²) in [6.07, 6.45) is 0.0592. The van der Waals surface area contributed by atoms with E-state index in [1.165, 1.54) is 0 Å². The van der Waals surface area contributed by atoms with Gasteiger partial charge < -0.3 is 14.6 Å². The number of benzene rings is 1. The van der Waals surface area contributed by atoms with Crippen LogP contribution < -0.4 is 4.74 Å². The number of hydrogen-bond acceptors (Lipinski definition) is 4. The molecule has 1 aromatic rings. The van der Waals surface area contributed by atoms with E-state index in [9.17, 15) is 9.90 Å². The Labute approximate surface area is 129 Å². The molecule has 1 aliphatic heterocycles. The summed E-state index contributed by atoms with van der Waals surface area (Å²) in [6.45, 7) is 5.77. The molecule has 1 aliphatic rings. The molecular weight excluding hydrogens is 294 g/mol. The summed E-state index contributed by atoms with van der Waals surface area (Å²) in [6, 6.07) is 4.96. The van der Waals surface area contributed by atoms with Gasteiger partial charge in [-0.3, -0.25) is 9.69 Å². The number of carboxylic acids is 1. The van der Waals surface area contributed by atoms with E-state index in [4.69, 9.17) is 21.1 Å². The van der Waals surface area contributed by atoms with Crippen molar-refractivity contribution >= 4 is 17.6 Å². The second-order valence-corrected chi connectivity index (χ2v) is 5.74. The van der Waals surface area contributed by atoms with Gasteiger partial charge in [0.25, 0.3) is 0 Å². The van der Waals surface area contributed by atoms with Crippen LogP contribution in [0, 0.1) is 0 Å². The Morgan fingerprint density at radius 3 is 2.95 bits per heavy atom. The standard InChI is InChI=1S/C15H20ClNO4/c1-10(2)21-14-4-3-11(7-12(14)16)8-17-5-6-20-9-13(17)15(18)19/h3-4,7,10,13H,5-6,8-9H2,1-2H3,(H,18,19). The highest BCUT2D eigenvalue weighted by Crippen LogP contribution is 2.27. The summed E-state index contributed by atoms with van der Waals surface area (Å²) in [5.74, 6) is -0.215. The number of aliphatic carboxylic acids is 1. The minimum absolute atomic E-state index is 0.0592. The molecule has 0 bridgehead atoms. The van der Waals surface area contributed by atoms with E-state index in [1.54, 1.807) is 0 Å². The van der Waals surface area contributed by atoms with Crippen molar-refractivity contribution in [2.75, 3.05) is 19.8 Å². The summed E-state index contributed by atoms with van der Waals surface area (Å²) in [4.78, 5) is 13.1. The Morgan fingerprint density at radius 2 is 2.33 bits per heavy atom. The van der Waals surface area contributed by atoms with E-state index in [2.05, 4.69) is 0 Å². The van der Waals surface area contributed by atoms with Gasteiger partial charge in [0.2, 0.25) is 0 Å². The molecule has 1 heterocycles. The second-order valence-electron chi connectivity index (χ2n) is 5.33. The average molecular weight is 314 g/mol. The van der Waals surface area contributed by atoms with Crippen molar-refractivity contribution in [2.24, 2.45) is 0 Å². The minimum Gasteiger partial charge on any atom is -0.489 e. The van der Waals surface area contributed by atoms with Crippen LogP contribution in [0.1, 0.15) is 19.4 Å². The smallest absolute Gasteiger partial charge is 0.323 e. The molecule has 21 heavy (non-hydrogen) atoms. The third-order valence-corrected chi connectivity index (χ3v) is 3.56. The van der Waals surface area contributed by atoms with Gasteiger partial charge in [-0.15, -0.1) is 0 Å². The minimum atomic E-state index is -0.861. The van der Waals surface area contributed by atoms with Gasteiger partial charge in [-0.1, -0.05) is 17.7 Å². The molecule has 1 atom stereocenters. The molecule has 0 spiro atoms. The van der Waals surface area contributed by atoms with Crippen LogP contribution in [0.2, 0.25) is 5.02 Å². The number of rotatable bonds is 5. The van der Waals surface area contributed by atoms with Crippen molar-refractivity contribution < 1.29 is 19.4 Å². The molecule has 2 rings (SSSR count). The van der Waals surface area contributed by atoms with E-state index < -0.39 is 12.0 Å². The first-order chi connectivity index (χ1) is 9.97. The van der Waals surface area contributed by atoms with Crippen molar-refractivity contribution in [1.29, 1.82) is 0 Å². The van der Waals surface area contributed by atoms with Crippen LogP contribution in [0.5, 0.6) is 5.75 Å². The van der Waals surface area contributed by atoms with E-state index >= 15 is 0 Å². The Balaban J connectivity index is 2.08. The van der Waals surface area contributed by atoms with Crippen LogP contribution in [0.25, 0.3) is 0 Å². The van der Waals surface area contributed by atoms with Crippen molar-refractivity contribution in [2.45, 2.75) is 32.5 Å². The molecule has 5 nitrogen and oxygen atoms in total. The zero-order valence-corrected chi connectivity index (χ0v) is 13.0. The lowest BCUT2D eigenvalue weighted by atomic mass is 10.1. The Kier molecular flexibility index (Phi) is 5.45. The molecule has 0 aromatic heterocycles. The first-order valence-electron chi connectivity index (χ1n) is 6.97. The van der Waals surface area contributed by atoms with Crippen molar-refractivity contribution in [3.63, 3.8) is 0 Å². The van der Waals surface area contributed by atoms with Crippen LogP contribution in [0.15, 0.2) is 18.2 Å². The highest BCUT2D eigenvalue weighted by molar-refractivity contribution is 6.32. The highest BCUT2D eigenvalue weighted by Gasteiger charge is 2.29. The van der Waals surface area contributed by atoms with Gasteiger partial charge in [0.15, 0.2) is 0 Å². The van der Waals surface area contributed by atoms with E-state index in [0.29, 0.717) is 30.5 Å². The normalized spacial score (nSPS) is 19.7. The highest BCUT2D eigenvalue weighted by atomic mass is 35.5. The summed E-state index contributed by atoms with van der Waals surface area (Å²) in [5.41, 5.74) is 0.962. The Hall–Kier alpha value is -1.30. The lowest BCUT2D eigenvalue weighted by molar-refractivity contribution is -0.150. The summed E-state index contributed by atoms with van der Waals surface area (Å²) in [7, 11) is 0. The summed E-state index contributed by atoms with van der Waals surface area (Å²) >= 11 is 6.21. The Morgan fingerprint density at radius 1 is 1.57 bits per heavy atom. The van der Waals surface area contributed by atoms with Crippen molar-refractivity contribution in [3.05, 3.63) is 28.8 Å². The number of carboxylic acid groups (broad SMARTS) is 1. The van der Waals surface area contributed by atoms with Crippen LogP contribution in [-0.2, 0) is 16.1 Å². The Bertz CT molecular complexity index is 506. The summed E-state index contributed by atoms with van der Waals surface area (Å²) < 4.78 is 10.8. The quantitative estimate of drug-likeness (QED) is 0.904. The lowest BCUT2D eigenvalue weighted by Crippen LogP contribution is -2.49. The SMILES string of the molecule is CC(C)Oc1ccc(CN2CCOCC2C(=O)O)cc1Cl. The fourth-order valence-electron chi connectivity index (χ4n) is 2.28. The predicted molar refractivity (Wildman–Crippen MR) is 79.9 cm³/mol. The molecule has 1 aromatic carbocycles. The van der Waals surface area contributed by atoms with E-state index in [-0.39, 0.29) is 12.7 Å². The first kappa shape index (κ1) is 16.1. The lowest BCUT2D eigenvalue weighted by Gasteiger charge is -2.32. The third-order valence-electron chi connectivity index (χ3n) is 3.27. The fourth-order valence-corrected chi connectivity index (χ4v) is 2.53. The monoisotopic (exact) mass is 313 g/mol. The molecular formula is C15H20ClNO4.